The van der Waals surface area contributed by atoms with Crippen LogP contribution in [0.2, 0.25) is 0 Å². The van der Waals surface area contributed by atoms with Crippen molar-refractivity contribution in [1.29, 1.82) is 0 Å². The molecule has 0 aromatic heterocycles. The number of carbonyl (C=O) groups excluding carboxylic acids is 1. The molecular formula is C19H19BrN2O4S. The molecule has 2 aromatic rings. The van der Waals surface area contributed by atoms with Gasteiger partial charge in [0.1, 0.15) is 10.6 Å². The molecular weight excluding hydrogens is 432 g/mol. The number of benzene rings is 2. The lowest BCUT2D eigenvalue weighted by atomic mass is 10.3. The van der Waals surface area contributed by atoms with Gasteiger partial charge < -0.3 is 10.1 Å². The van der Waals surface area contributed by atoms with Crippen LogP contribution in [-0.2, 0) is 14.8 Å². The highest BCUT2D eigenvalue weighted by Gasteiger charge is 2.20. The number of hydrogen-bond acceptors (Lipinski definition) is 4. The van der Waals surface area contributed by atoms with E-state index in [0.717, 1.165) is 4.47 Å². The fourth-order valence-electron chi connectivity index (χ4n) is 2.13. The van der Waals surface area contributed by atoms with Gasteiger partial charge in [-0.25, -0.2) is 8.42 Å². The van der Waals surface area contributed by atoms with Crippen molar-refractivity contribution in [2.45, 2.75) is 11.8 Å². The molecule has 0 spiro atoms. The Morgan fingerprint density at radius 2 is 1.74 bits per heavy atom. The normalized spacial score (nSPS) is 11.7. The Labute approximate surface area is 167 Å². The third-order valence-electron chi connectivity index (χ3n) is 3.37. The molecule has 0 aliphatic rings. The maximum atomic E-state index is 12.8. The SMILES string of the molecule is C/C=C/C=C/C(=O)Nc1ccc(OC)c(S(=O)(=O)Nc2ccc(Br)cc2)c1. The first kappa shape index (κ1) is 20.7. The van der Waals surface area contributed by atoms with Crippen LogP contribution >= 0.6 is 15.9 Å². The quantitative estimate of drug-likeness (QED) is 0.485. The van der Waals surface area contributed by atoms with Crippen LogP contribution in [0.25, 0.3) is 0 Å². The van der Waals surface area contributed by atoms with Gasteiger partial charge in [0, 0.05) is 21.9 Å². The van der Waals surface area contributed by atoms with Crippen molar-refractivity contribution in [2.75, 3.05) is 17.1 Å². The summed E-state index contributed by atoms with van der Waals surface area (Å²) in [5.41, 5.74) is 0.742. The van der Waals surface area contributed by atoms with Crippen LogP contribution in [0.4, 0.5) is 11.4 Å². The average molecular weight is 451 g/mol. The molecule has 0 aliphatic heterocycles. The number of ether oxygens (including phenoxy) is 1. The van der Waals surface area contributed by atoms with Gasteiger partial charge in [-0.05, 0) is 49.4 Å². The van der Waals surface area contributed by atoms with Crippen molar-refractivity contribution in [3.63, 3.8) is 0 Å². The second kappa shape index (κ2) is 9.38. The molecule has 0 aliphatic carbocycles. The first-order valence-electron chi connectivity index (χ1n) is 7.92. The maximum Gasteiger partial charge on any atom is 0.265 e. The van der Waals surface area contributed by atoms with Crippen LogP contribution in [0, 0.1) is 0 Å². The van der Waals surface area contributed by atoms with Crippen molar-refractivity contribution >= 4 is 43.2 Å². The number of allylic oxidation sites excluding steroid dienone is 3. The lowest BCUT2D eigenvalue weighted by Gasteiger charge is -2.13. The van der Waals surface area contributed by atoms with Crippen LogP contribution in [0.3, 0.4) is 0 Å². The fraction of sp³-hybridized carbons (Fsp3) is 0.105. The van der Waals surface area contributed by atoms with Gasteiger partial charge in [-0.2, -0.15) is 0 Å². The minimum absolute atomic E-state index is 0.0804. The number of hydrogen-bond donors (Lipinski definition) is 2. The van der Waals surface area contributed by atoms with E-state index in [9.17, 15) is 13.2 Å². The van der Waals surface area contributed by atoms with Crippen molar-refractivity contribution < 1.29 is 17.9 Å². The molecule has 0 saturated carbocycles. The van der Waals surface area contributed by atoms with Gasteiger partial charge in [0.25, 0.3) is 10.0 Å². The number of methoxy groups -OCH3 is 1. The molecule has 0 unspecified atom stereocenters. The number of anilines is 2. The number of sulfonamides is 1. The van der Waals surface area contributed by atoms with Crippen molar-refractivity contribution in [3.05, 3.63) is 71.2 Å². The van der Waals surface area contributed by atoms with Crippen LogP contribution in [-0.4, -0.2) is 21.4 Å². The van der Waals surface area contributed by atoms with E-state index in [4.69, 9.17) is 4.74 Å². The lowest BCUT2D eigenvalue weighted by Crippen LogP contribution is -2.15. The Balaban J connectivity index is 2.30. The van der Waals surface area contributed by atoms with Gasteiger partial charge in [-0.1, -0.05) is 34.2 Å². The standard InChI is InChI=1S/C19H19BrN2O4S/c1-3-4-5-6-19(23)21-16-11-12-17(26-2)18(13-16)27(24,25)22-15-9-7-14(20)8-10-15/h3-13,22H,1-2H3,(H,21,23)/b4-3+,6-5+. The molecule has 0 bridgehead atoms. The summed E-state index contributed by atoms with van der Waals surface area (Å²) >= 11 is 3.30. The fourth-order valence-corrected chi connectivity index (χ4v) is 3.65. The largest absolute Gasteiger partial charge is 0.495 e. The van der Waals surface area contributed by atoms with Crippen LogP contribution in [0.1, 0.15) is 6.92 Å². The highest BCUT2D eigenvalue weighted by molar-refractivity contribution is 9.10. The summed E-state index contributed by atoms with van der Waals surface area (Å²) in [4.78, 5) is 11.8. The van der Waals surface area contributed by atoms with E-state index in [1.54, 1.807) is 48.6 Å². The Morgan fingerprint density at radius 3 is 2.37 bits per heavy atom. The van der Waals surface area contributed by atoms with E-state index >= 15 is 0 Å². The molecule has 0 radical (unpaired) electrons. The molecule has 0 fully saturated rings. The van der Waals surface area contributed by atoms with Crippen LogP contribution in [0.15, 0.2) is 76.1 Å². The zero-order valence-electron chi connectivity index (χ0n) is 14.8. The molecule has 2 rings (SSSR count). The van der Waals surface area contributed by atoms with E-state index in [1.165, 1.54) is 25.3 Å². The second-order valence-electron chi connectivity index (χ2n) is 5.35. The maximum absolute atomic E-state index is 12.8. The topological polar surface area (TPSA) is 84.5 Å². The molecule has 0 atom stereocenters. The Bertz CT molecular complexity index is 968. The number of amides is 1. The monoisotopic (exact) mass is 450 g/mol. The zero-order chi connectivity index (χ0) is 19.9. The summed E-state index contributed by atoms with van der Waals surface area (Å²) in [6, 6.07) is 11.1. The Kier molecular flexibility index (Phi) is 7.20. The van der Waals surface area contributed by atoms with Gasteiger partial charge in [0.05, 0.1) is 7.11 Å². The smallest absolute Gasteiger partial charge is 0.265 e. The molecule has 2 aromatic carbocycles. The van der Waals surface area contributed by atoms with Gasteiger partial charge in [0.2, 0.25) is 5.91 Å². The summed E-state index contributed by atoms with van der Waals surface area (Å²) < 4.78 is 34.0. The highest BCUT2D eigenvalue weighted by atomic mass is 79.9. The molecule has 6 nitrogen and oxygen atoms in total. The molecule has 8 heteroatoms. The molecule has 0 heterocycles. The highest BCUT2D eigenvalue weighted by Crippen LogP contribution is 2.29. The minimum Gasteiger partial charge on any atom is -0.495 e. The number of carbonyl (C=O) groups is 1. The molecule has 27 heavy (non-hydrogen) atoms. The van der Waals surface area contributed by atoms with E-state index in [-0.39, 0.29) is 16.6 Å². The zero-order valence-corrected chi connectivity index (χ0v) is 17.2. The predicted octanol–water partition coefficient (Wildman–Crippen LogP) is 4.33. The number of nitrogens with one attached hydrogen (secondary N) is 2. The summed E-state index contributed by atoms with van der Waals surface area (Å²) in [5.74, 6) is -0.204. The van der Waals surface area contributed by atoms with Gasteiger partial charge in [0.15, 0.2) is 0 Å². The van der Waals surface area contributed by atoms with Gasteiger partial charge in [-0.3, -0.25) is 9.52 Å². The van der Waals surface area contributed by atoms with Gasteiger partial charge in [-0.15, -0.1) is 0 Å². The Morgan fingerprint density at radius 1 is 1.07 bits per heavy atom. The summed E-state index contributed by atoms with van der Waals surface area (Å²) in [7, 11) is -2.54. The van der Waals surface area contributed by atoms with Crippen molar-refractivity contribution in [2.24, 2.45) is 0 Å². The summed E-state index contributed by atoms with van der Waals surface area (Å²) in [6.07, 6.45) is 6.44. The summed E-state index contributed by atoms with van der Waals surface area (Å²) in [5, 5.41) is 2.62. The molecule has 0 saturated heterocycles. The third kappa shape index (κ3) is 5.97. The van der Waals surface area contributed by atoms with Crippen molar-refractivity contribution in [3.8, 4) is 5.75 Å². The molecule has 142 valence electrons. The summed E-state index contributed by atoms with van der Waals surface area (Å²) in [6.45, 7) is 1.83. The third-order valence-corrected chi connectivity index (χ3v) is 5.30. The van der Waals surface area contributed by atoms with Crippen LogP contribution in [0.5, 0.6) is 5.75 Å². The second-order valence-corrected chi connectivity index (χ2v) is 7.92. The Hall–Kier alpha value is -2.58. The van der Waals surface area contributed by atoms with E-state index in [0.29, 0.717) is 11.4 Å². The number of halogens is 1. The van der Waals surface area contributed by atoms with Gasteiger partial charge >= 0.3 is 0 Å². The lowest BCUT2D eigenvalue weighted by molar-refractivity contribution is -0.111. The van der Waals surface area contributed by atoms with Crippen molar-refractivity contribution in [1.82, 2.24) is 0 Å². The van der Waals surface area contributed by atoms with Crippen LogP contribution < -0.4 is 14.8 Å². The minimum atomic E-state index is -3.92. The predicted molar refractivity (Wildman–Crippen MR) is 111 cm³/mol. The van der Waals surface area contributed by atoms with E-state index < -0.39 is 10.0 Å². The average Bonchev–Trinajstić information content (AvgIpc) is 2.63. The first-order chi connectivity index (χ1) is 12.9. The van der Waals surface area contributed by atoms with E-state index in [1.807, 2.05) is 6.92 Å². The molecule has 2 N–H and O–H groups in total. The van der Waals surface area contributed by atoms with E-state index in [2.05, 4.69) is 26.0 Å². The number of rotatable bonds is 7. The first-order valence-corrected chi connectivity index (χ1v) is 10.2. The molecule has 1 amide bonds.